The highest BCUT2D eigenvalue weighted by atomic mass is 35.5. The fourth-order valence-corrected chi connectivity index (χ4v) is 2.62. The molecule has 0 amide bonds. The topological polar surface area (TPSA) is 87.6 Å². The van der Waals surface area contributed by atoms with Crippen LogP contribution in [-0.2, 0) is 13.0 Å². The van der Waals surface area contributed by atoms with E-state index < -0.39 is 0 Å². The summed E-state index contributed by atoms with van der Waals surface area (Å²) in [6, 6.07) is 0. The Bertz CT molecular complexity index is 746. The lowest BCUT2D eigenvalue weighted by atomic mass is 10.1. The Hall–Kier alpha value is -2.15. The molecule has 0 unspecified atom stereocenters. The van der Waals surface area contributed by atoms with Gasteiger partial charge < -0.3 is 9.88 Å². The molecule has 96 valence electrons. The standard InChI is InChI=1S/C11H10ClN7/c12-11-17-9-8(15-5-16-9)10(18-11)19-2-1-6-7(3-19)14-4-13-6/h4-5H,1-3H2,(H,13,14)(H,15,16,17,18)/p+1. The van der Waals surface area contributed by atoms with Crippen LogP contribution in [0.4, 0.5) is 5.82 Å². The number of H-pyrrole nitrogens is 3. The number of fused-ring (bicyclic) bond motifs is 2. The minimum atomic E-state index is 0.244. The number of hydrogen-bond donors (Lipinski definition) is 2. The zero-order valence-corrected chi connectivity index (χ0v) is 10.7. The number of imidazole rings is 2. The van der Waals surface area contributed by atoms with Gasteiger partial charge >= 0.3 is 10.9 Å². The Kier molecular flexibility index (Phi) is 2.22. The van der Waals surface area contributed by atoms with Crippen molar-refractivity contribution in [3.63, 3.8) is 0 Å². The predicted octanol–water partition coefficient (Wildman–Crippen LogP) is 0.711. The van der Waals surface area contributed by atoms with Gasteiger partial charge in [0.15, 0.2) is 12.1 Å². The number of anilines is 1. The maximum Gasteiger partial charge on any atom is 0.306 e. The Balaban J connectivity index is 1.81. The van der Waals surface area contributed by atoms with E-state index in [0.717, 1.165) is 42.2 Å². The third-order valence-corrected chi connectivity index (χ3v) is 3.53. The molecule has 1 aliphatic rings. The van der Waals surface area contributed by atoms with Crippen molar-refractivity contribution in [2.75, 3.05) is 11.4 Å². The lowest BCUT2D eigenvalue weighted by Gasteiger charge is -2.26. The molecule has 0 saturated heterocycles. The van der Waals surface area contributed by atoms with Crippen molar-refractivity contribution in [3.05, 3.63) is 29.3 Å². The number of nitrogens with zero attached hydrogens (tertiary/aromatic N) is 4. The molecule has 7 nitrogen and oxygen atoms in total. The highest BCUT2D eigenvalue weighted by Crippen LogP contribution is 2.26. The van der Waals surface area contributed by atoms with Crippen LogP contribution < -0.4 is 9.88 Å². The van der Waals surface area contributed by atoms with Crippen LogP contribution in [0.2, 0.25) is 5.28 Å². The van der Waals surface area contributed by atoms with Crippen molar-refractivity contribution in [3.8, 4) is 0 Å². The first-order valence-corrected chi connectivity index (χ1v) is 6.37. The quantitative estimate of drug-likeness (QED) is 0.641. The molecule has 8 heteroatoms. The van der Waals surface area contributed by atoms with Crippen LogP contribution in [0.1, 0.15) is 11.4 Å². The Morgan fingerprint density at radius 2 is 2.26 bits per heavy atom. The fourth-order valence-electron chi connectivity index (χ4n) is 2.46. The van der Waals surface area contributed by atoms with Crippen molar-refractivity contribution in [1.29, 1.82) is 0 Å². The average molecular weight is 277 g/mol. The van der Waals surface area contributed by atoms with E-state index in [1.165, 1.54) is 0 Å². The molecule has 0 spiro atoms. The third kappa shape index (κ3) is 1.66. The minimum absolute atomic E-state index is 0.244. The van der Waals surface area contributed by atoms with Crippen LogP contribution in [0.3, 0.4) is 0 Å². The molecule has 0 aromatic carbocycles. The largest absolute Gasteiger partial charge is 0.347 e. The number of hydrogen-bond acceptors (Lipinski definition) is 4. The fraction of sp³-hybridized carbons (Fsp3) is 0.273. The SMILES string of the molecule is Clc1nc(N2CCc3nc[nH]c3C2)c2[nH]c[nH+]c2n1. The molecular formula is C11H11ClN7+. The first-order valence-electron chi connectivity index (χ1n) is 5.99. The van der Waals surface area contributed by atoms with Gasteiger partial charge in [-0.25, -0.2) is 9.97 Å². The summed E-state index contributed by atoms with van der Waals surface area (Å²) >= 11 is 5.98. The Morgan fingerprint density at radius 1 is 1.32 bits per heavy atom. The molecule has 1 aliphatic heterocycles. The van der Waals surface area contributed by atoms with Crippen LogP contribution in [-0.4, -0.2) is 31.5 Å². The van der Waals surface area contributed by atoms with Gasteiger partial charge in [-0.15, -0.1) is 0 Å². The van der Waals surface area contributed by atoms with E-state index >= 15 is 0 Å². The normalized spacial score (nSPS) is 14.9. The van der Waals surface area contributed by atoms with E-state index in [4.69, 9.17) is 11.6 Å². The summed E-state index contributed by atoms with van der Waals surface area (Å²) in [5.74, 6) is 0.816. The van der Waals surface area contributed by atoms with Gasteiger partial charge in [0, 0.05) is 13.0 Å². The zero-order chi connectivity index (χ0) is 12.8. The van der Waals surface area contributed by atoms with Crippen LogP contribution in [0.15, 0.2) is 12.7 Å². The molecule has 0 atom stereocenters. The van der Waals surface area contributed by atoms with Crippen molar-refractivity contribution < 1.29 is 4.98 Å². The number of aromatic nitrogens is 6. The van der Waals surface area contributed by atoms with Gasteiger partial charge in [-0.3, -0.25) is 4.98 Å². The molecule has 19 heavy (non-hydrogen) atoms. The number of halogens is 1. The van der Waals surface area contributed by atoms with Gasteiger partial charge in [-0.2, -0.15) is 4.98 Å². The lowest BCUT2D eigenvalue weighted by molar-refractivity contribution is -0.347. The zero-order valence-electron chi connectivity index (χ0n) is 9.94. The second-order valence-electron chi connectivity index (χ2n) is 4.47. The van der Waals surface area contributed by atoms with Crippen LogP contribution >= 0.6 is 11.6 Å². The summed E-state index contributed by atoms with van der Waals surface area (Å²) in [5, 5.41) is 0.244. The maximum atomic E-state index is 5.98. The van der Waals surface area contributed by atoms with Gasteiger partial charge in [0.1, 0.15) is 0 Å². The Labute approximate surface area is 113 Å². The summed E-state index contributed by atoms with van der Waals surface area (Å²) in [7, 11) is 0. The molecule has 4 heterocycles. The van der Waals surface area contributed by atoms with Gasteiger partial charge in [-0.05, 0) is 11.6 Å². The van der Waals surface area contributed by atoms with Crippen molar-refractivity contribution in [1.82, 2.24) is 24.9 Å². The maximum absolute atomic E-state index is 5.98. The number of rotatable bonds is 1. The van der Waals surface area contributed by atoms with E-state index in [0.29, 0.717) is 5.65 Å². The van der Waals surface area contributed by atoms with Gasteiger partial charge in [0.2, 0.25) is 5.52 Å². The molecule has 3 aromatic rings. The smallest absolute Gasteiger partial charge is 0.306 e. The highest BCUT2D eigenvalue weighted by molar-refractivity contribution is 6.28. The van der Waals surface area contributed by atoms with Crippen molar-refractivity contribution >= 4 is 28.6 Å². The summed E-state index contributed by atoms with van der Waals surface area (Å²) in [6.45, 7) is 1.61. The highest BCUT2D eigenvalue weighted by Gasteiger charge is 2.24. The summed E-state index contributed by atoms with van der Waals surface area (Å²) in [5.41, 5.74) is 3.84. The molecule has 4 rings (SSSR count). The predicted molar refractivity (Wildman–Crippen MR) is 68.8 cm³/mol. The monoisotopic (exact) mass is 276 g/mol. The van der Waals surface area contributed by atoms with E-state index in [2.05, 4.69) is 34.8 Å². The van der Waals surface area contributed by atoms with E-state index in [1.54, 1.807) is 12.7 Å². The van der Waals surface area contributed by atoms with Crippen LogP contribution in [0.5, 0.6) is 0 Å². The summed E-state index contributed by atoms with van der Waals surface area (Å²) < 4.78 is 0. The molecule has 0 radical (unpaired) electrons. The van der Waals surface area contributed by atoms with Crippen molar-refractivity contribution in [2.24, 2.45) is 0 Å². The second kappa shape index (κ2) is 3.92. The van der Waals surface area contributed by atoms with Crippen molar-refractivity contribution in [2.45, 2.75) is 13.0 Å². The Morgan fingerprint density at radius 3 is 3.21 bits per heavy atom. The summed E-state index contributed by atoms with van der Waals surface area (Å²) in [4.78, 5) is 24.3. The molecule has 0 bridgehead atoms. The van der Waals surface area contributed by atoms with Gasteiger partial charge in [0.25, 0.3) is 0 Å². The van der Waals surface area contributed by atoms with Gasteiger partial charge in [0.05, 0.1) is 24.3 Å². The molecule has 3 aromatic heterocycles. The van der Waals surface area contributed by atoms with Crippen LogP contribution in [0.25, 0.3) is 11.2 Å². The second-order valence-corrected chi connectivity index (χ2v) is 4.81. The van der Waals surface area contributed by atoms with E-state index in [9.17, 15) is 0 Å². The van der Waals surface area contributed by atoms with E-state index in [-0.39, 0.29) is 5.28 Å². The third-order valence-electron chi connectivity index (χ3n) is 3.36. The molecule has 0 fully saturated rings. The number of aromatic amines is 3. The van der Waals surface area contributed by atoms with Crippen LogP contribution in [0, 0.1) is 0 Å². The first-order chi connectivity index (χ1) is 9.31. The lowest BCUT2D eigenvalue weighted by Crippen LogP contribution is -2.31. The molecule has 0 aliphatic carbocycles. The summed E-state index contributed by atoms with van der Waals surface area (Å²) in [6.07, 6.45) is 4.36. The average Bonchev–Trinajstić information content (AvgIpc) is 3.04. The molecular weight excluding hydrogens is 266 g/mol. The minimum Gasteiger partial charge on any atom is -0.347 e. The molecule has 3 N–H and O–H groups in total. The molecule has 0 saturated carbocycles. The number of nitrogens with one attached hydrogen (secondary N) is 3. The first kappa shape index (κ1) is 10.7. The van der Waals surface area contributed by atoms with Gasteiger partial charge in [-0.1, -0.05) is 4.98 Å². The van der Waals surface area contributed by atoms with E-state index in [1.807, 2.05) is 0 Å².